The molecule has 6 amide bonds. The number of guanidine groups is 1. The number of benzene rings is 1. The fourth-order valence-electron chi connectivity index (χ4n) is 7.58. The van der Waals surface area contributed by atoms with E-state index in [9.17, 15) is 68.4 Å². The molecule has 1 aromatic rings. The van der Waals surface area contributed by atoms with E-state index in [1.807, 2.05) is 0 Å². The van der Waals surface area contributed by atoms with Gasteiger partial charge in [0, 0.05) is 71.9 Å². The molecule has 0 aliphatic carbocycles. The number of carbonyl (C=O) groups excluding carboxylic acids is 6. The standard InChI is InChI=1S/C43H67N13O14.Lu/c44-43(45)47-12-6-10-29-39(67)48-23-33(57)49-32(22-35(59)60)42(70)52-31(21-28-7-2-1-3-8-28)41(69)51-30(40(68)50-29)9-4-5-11-46-34(58)24-53-13-15-54(25-36(61)62)17-19-56(27-38(65)66)20-18-55(16-14-53)26-37(63)64;/h1-3,7-8,29-32H,4-6,9-27H2,(H,46,58)(H,48,67)(H,49,57)(H,50,68)(H,51,69)(H,52,70)(H,59,60)(H,61,62)(H,63,64)(H,65,66)(H4,44,45,47);/q;+3/t29-,30-,31-,32-;/m0./s1/i;1+2. The van der Waals surface area contributed by atoms with Gasteiger partial charge >= 0.3 is 60.8 Å². The molecule has 2 saturated heterocycles. The van der Waals surface area contributed by atoms with E-state index in [0.29, 0.717) is 5.56 Å². The minimum absolute atomic E-state index is 0. The van der Waals surface area contributed by atoms with E-state index >= 15 is 0 Å². The molecule has 0 bridgehead atoms. The smallest absolute Gasteiger partial charge is 0.481 e. The number of carboxylic acid groups (broad SMARTS) is 4. The molecule has 0 radical (unpaired) electrons. The molecule has 2 aliphatic heterocycles. The largest absolute Gasteiger partial charge is 3.00 e. The van der Waals surface area contributed by atoms with Gasteiger partial charge in [0.15, 0.2) is 5.96 Å². The number of carbonyl (C=O) groups is 10. The average molecular weight is 1170 g/mol. The van der Waals surface area contributed by atoms with E-state index in [1.54, 1.807) is 49.9 Å². The molecule has 0 saturated carbocycles. The maximum absolute atomic E-state index is 14.1. The molecule has 0 aromatic heterocycles. The summed E-state index contributed by atoms with van der Waals surface area (Å²) in [6.45, 7) is 0.108. The maximum atomic E-state index is 14.1. The van der Waals surface area contributed by atoms with Gasteiger partial charge in [0.25, 0.3) is 0 Å². The molecule has 0 spiro atoms. The van der Waals surface area contributed by atoms with Crippen molar-refractivity contribution in [3.63, 3.8) is 0 Å². The van der Waals surface area contributed by atoms with Gasteiger partial charge in [-0.25, -0.2) is 0 Å². The van der Waals surface area contributed by atoms with Crippen molar-refractivity contribution in [2.24, 2.45) is 16.5 Å². The summed E-state index contributed by atoms with van der Waals surface area (Å²) in [7, 11) is 0. The fourth-order valence-corrected chi connectivity index (χ4v) is 7.58. The maximum Gasteiger partial charge on any atom is 3.00 e. The molecule has 71 heavy (non-hydrogen) atoms. The molecule has 14 N–H and O–H groups in total. The molecule has 2 fully saturated rings. The van der Waals surface area contributed by atoms with Crippen LogP contribution in [0.2, 0.25) is 0 Å². The third-order valence-electron chi connectivity index (χ3n) is 11.2. The molecule has 400 valence electrons. The van der Waals surface area contributed by atoms with E-state index in [1.165, 1.54) is 0 Å². The fraction of sp³-hybridized carbons (Fsp3) is 0.605. The molecule has 28 heteroatoms. The van der Waals surface area contributed by atoms with Crippen molar-refractivity contribution < 1.29 is 105 Å². The Bertz CT molecular complexity index is 1970. The van der Waals surface area contributed by atoms with E-state index in [2.05, 4.69) is 36.9 Å². The summed E-state index contributed by atoms with van der Waals surface area (Å²) in [5.41, 5.74) is 11.5. The summed E-state index contributed by atoms with van der Waals surface area (Å²) < 4.78 is 0. The van der Waals surface area contributed by atoms with E-state index in [0.717, 1.165) is 0 Å². The molecule has 0 unspecified atom stereocenters. The van der Waals surface area contributed by atoms with Crippen molar-refractivity contribution in [1.29, 1.82) is 0 Å². The van der Waals surface area contributed by atoms with Crippen LogP contribution in [-0.2, 0) is 54.4 Å². The van der Waals surface area contributed by atoms with Crippen LogP contribution in [-0.4, -0.2) is 228 Å². The zero-order valence-corrected chi connectivity index (χ0v) is 40.9. The predicted molar refractivity (Wildman–Crippen MR) is 249 cm³/mol. The second kappa shape index (κ2) is 33.0. The number of aliphatic carboxylic acids is 4. The Balaban J connectivity index is 0.0000173. The minimum atomic E-state index is -1.65. The molecule has 2 aliphatic rings. The first-order chi connectivity index (χ1) is 33.3. The molecule has 2 heterocycles. The Labute approximate surface area is 439 Å². The van der Waals surface area contributed by atoms with E-state index in [4.69, 9.17) is 11.5 Å². The Hall–Kier alpha value is -5.74. The Morgan fingerprint density at radius 2 is 1.03 bits per heavy atom. The summed E-state index contributed by atoms with van der Waals surface area (Å²) >= 11 is 0. The second-order valence-corrected chi connectivity index (χ2v) is 16.9. The van der Waals surface area contributed by atoms with E-state index in [-0.39, 0.29) is 173 Å². The van der Waals surface area contributed by atoms with Gasteiger partial charge in [-0.3, -0.25) is 72.5 Å². The summed E-state index contributed by atoms with van der Waals surface area (Å²) in [6, 6.07) is 2.91. The Kier molecular flexibility index (Phi) is 28.5. The molecular formula is C43H67LuN13O14+3. The van der Waals surface area contributed by atoms with Crippen LogP contribution >= 0.6 is 0 Å². The molecule has 1 aromatic carbocycles. The predicted octanol–water partition coefficient (Wildman–Crippen LogP) is -5.41. The zero-order chi connectivity index (χ0) is 51.6. The van der Waals surface area contributed by atoms with Crippen LogP contribution in [0.1, 0.15) is 44.1 Å². The molecular weight excluding hydrogens is 1100 g/mol. The first kappa shape index (κ1) is 61.4. The summed E-state index contributed by atoms with van der Waals surface area (Å²) in [4.78, 5) is 138. The van der Waals surface area contributed by atoms with E-state index < -0.39 is 96.5 Å². The normalized spacial score (nSPS) is 21.0. The summed E-state index contributed by atoms with van der Waals surface area (Å²) in [5.74, 6) is -9.65. The SMILES string of the molecule is NC(N)=NCCC[C@@H]1NC(=O)[C@H](CCCCNC(=O)CN2CCN(CC(=O)O)CCN(CC(=O)O)CCN(CC(=O)O)CC2)NC(=O)[C@H](Cc2ccccc2)NC(=O)[C@H](CC(=O)O)NC(=O)CNC1=O.[177Lu+3]. The van der Waals surface area contributed by atoms with Crippen LogP contribution in [0.4, 0.5) is 0 Å². The Morgan fingerprint density at radius 1 is 0.577 bits per heavy atom. The van der Waals surface area contributed by atoms with Gasteiger partial charge in [-0.05, 0) is 37.7 Å². The van der Waals surface area contributed by atoms with Crippen molar-refractivity contribution >= 4 is 65.3 Å². The number of nitrogens with one attached hydrogen (secondary N) is 6. The third kappa shape index (κ3) is 25.8. The van der Waals surface area contributed by atoms with Gasteiger partial charge in [0.2, 0.25) is 35.4 Å². The first-order valence-corrected chi connectivity index (χ1v) is 22.9. The van der Waals surface area contributed by atoms with Crippen LogP contribution in [0.5, 0.6) is 0 Å². The van der Waals surface area contributed by atoms with Crippen LogP contribution in [0.25, 0.3) is 0 Å². The van der Waals surface area contributed by atoms with Crippen LogP contribution in [0.15, 0.2) is 35.3 Å². The quantitative estimate of drug-likeness (QED) is 0.0311. The average Bonchev–Trinajstić information content (AvgIpc) is 3.28. The first-order valence-electron chi connectivity index (χ1n) is 22.9. The minimum Gasteiger partial charge on any atom is -0.481 e. The second-order valence-electron chi connectivity index (χ2n) is 16.9. The van der Waals surface area contributed by atoms with Gasteiger partial charge in [-0.15, -0.1) is 0 Å². The molecule has 4 atom stereocenters. The third-order valence-corrected chi connectivity index (χ3v) is 11.2. The number of amides is 6. The monoisotopic (exact) mass is 1170 g/mol. The Morgan fingerprint density at radius 3 is 1.52 bits per heavy atom. The van der Waals surface area contributed by atoms with Crippen molar-refractivity contribution in [2.75, 3.05) is 98.2 Å². The van der Waals surface area contributed by atoms with Gasteiger partial charge < -0.3 is 63.8 Å². The number of nitrogens with two attached hydrogens (primary N) is 2. The summed E-state index contributed by atoms with van der Waals surface area (Å²) in [6.07, 6.45) is -0.291. The van der Waals surface area contributed by atoms with Crippen molar-refractivity contribution in [3.05, 3.63) is 35.9 Å². The number of aliphatic imine (C=N–C) groups is 1. The summed E-state index contributed by atoms with van der Waals surface area (Å²) in [5, 5.41) is 53.4. The number of hydrogen-bond donors (Lipinski definition) is 12. The van der Waals surface area contributed by atoms with Gasteiger partial charge in [0.05, 0.1) is 39.1 Å². The van der Waals surface area contributed by atoms with Crippen molar-refractivity contribution in [1.82, 2.24) is 51.5 Å². The number of carboxylic acids is 4. The van der Waals surface area contributed by atoms with Crippen LogP contribution in [0, 0.1) is 36.9 Å². The van der Waals surface area contributed by atoms with Gasteiger partial charge in [-0.2, -0.15) is 0 Å². The zero-order valence-electron chi connectivity index (χ0n) is 39.3. The van der Waals surface area contributed by atoms with Gasteiger partial charge in [0.1, 0.15) is 24.2 Å². The number of rotatable bonds is 21. The van der Waals surface area contributed by atoms with Crippen LogP contribution < -0.4 is 43.4 Å². The number of hydrogen-bond acceptors (Lipinski definition) is 15. The number of nitrogens with zero attached hydrogens (tertiary/aromatic N) is 5. The molecule has 3 rings (SSSR count). The topological polar surface area (TPSA) is 401 Å². The number of unbranched alkanes of at least 4 members (excludes halogenated alkanes) is 1. The van der Waals surface area contributed by atoms with Gasteiger partial charge in [-0.1, -0.05) is 30.3 Å². The van der Waals surface area contributed by atoms with Crippen LogP contribution in [0.3, 0.4) is 0 Å². The van der Waals surface area contributed by atoms with Crippen molar-refractivity contribution in [2.45, 2.75) is 69.1 Å². The molecule has 27 nitrogen and oxygen atoms in total. The van der Waals surface area contributed by atoms with Crippen molar-refractivity contribution in [3.8, 4) is 0 Å².